The average Bonchev–Trinajstić information content (AvgIpc) is 2.08. The molecule has 14 heavy (non-hydrogen) atoms. The Balaban J connectivity index is 2.89. The summed E-state index contributed by atoms with van der Waals surface area (Å²) in [5.41, 5.74) is 6.66. The standard InChI is InChI=1S/C9H15BrN4/c1-6(11)4-14(3)9-8(10)7(2)12-5-13-9/h5-6H,4,11H2,1-3H3. The molecule has 0 fully saturated rings. The van der Waals surface area contributed by atoms with Crippen LogP contribution in [0.4, 0.5) is 5.82 Å². The van der Waals surface area contributed by atoms with E-state index in [0.717, 1.165) is 22.5 Å². The van der Waals surface area contributed by atoms with Gasteiger partial charge in [-0.2, -0.15) is 0 Å². The first-order valence-corrected chi connectivity index (χ1v) is 5.25. The molecule has 1 atom stereocenters. The number of aromatic nitrogens is 2. The zero-order valence-electron chi connectivity index (χ0n) is 8.66. The summed E-state index contributed by atoms with van der Waals surface area (Å²) in [6.45, 7) is 4.68. The maximum absolute atomic E-state index is 5.72. The van der Waals surface area contributed by atoms with Crippen molar-refractivity contribution >= 4 is 21.7 Å². The van der Waals surface area contributed by atoms with Gasteiger partial charge in [0.25, 0.3) is 0 Å². The number of aryl methyl sites for hydroxylation is 1. The molecule has 0 aliphatic rings. The normalized spacial score (nSPS) is 12.6. The minimum absolute atomic E-state index is 0.127. The molecule has 0 saturated heterocycles. The van der Waals surface area contributed by atoms with Crippen LogP contribution in [0.1, 0.15) is 12.6 Å². The number of likely N-dealkylation sites (N-methyl/N-ethyl adjacent to an activating group) is 1. The second kappa shape index (κ2) is 4.70. The Morgan fingerprint density at radius 3 is 2.79 bits per heavy atom. The average molecular weight is 259 g/mol. The molecule has 0 amide bonds. The monoisotopic (exact) mass is 258 g/mol. The second-order valence-corrected chi connectivity index (χ2v) is 4.25. The van der Waals surface area contributed by atoms with E-state index in [1.165, 1.54) is 0 Å². The van der Waals surface area contributed by atoms with Gasteiger partial charge in [-0.1, -0.05) is 0 Å². The fourth-order valence-corrected chi connectivity index (χ4v) is 1.74. The molecule has 0 saturated carbocycles. The fraction of sp³-hybridized carbons (Fsp3) is 0.556. The van der Waals surface area contributed by atoms with Crippen molar-refractivity contribution in [3.8, 4) is 0 Å². The fourth-order valence-electron chi connectivity index (χ4n) is 1.23. The van der Waals surface area contributed by atoms with Crippen LogP contribution in [0.2, 0.25) is 0 Å². The molecule has 0 bridgehead atoms. The van der Waals surface area contributed by atoms with E-state index in [1.807, 2.05) is 25.8 Å². The van der Waals surface area contributed by atoms with Gasteiger partial charge < -0.3 is 10.6 Å². The lowest BCUT2D eigenvalue weighted by molar-refractivity contribution is 0.709. The predicted octanol–water partition coefficient (Wildman–Crippen LogP) is 1.33. The summed E-state index contributed by atoms with van der Waals surface area (Å²) in [6.07, 6.45) is 1.56. The summed E-state index contributed by atoms with van der Waals surface area (Å²) < 4.78 is 0.933. The number of anilines is 1. The quantitative estimate of drug-likeness (QED) is 0.889. The zero-order valence-corrected chi connectivity index (χ0v) is 10.2. The Morgan fingerprint density at radius 1 is 1.57 bits per heavy atom. The van der Waals surface area contributed by atoms with E-state index in [2.05, 4.69) is 25.9 Å². The minimum atomic E-state index is 0.127. The summed E-state index contributed by atoms with van der Waals surface area (Å²) in [6, 6.07) is 0.127. The van der Waals surface area contributed by atoms with Crippen LogP contribution in [0.15, 0.2) is 10.8 Å². The number of nitrogens with two attached hydrogens (primary N) is 1. The molecule has 4 nitrogen and oxygen atoms in total. The molecular weight excluding hydrogens is 244 g/mol. The van der Waals surface area contributed by atoms with Crippen molar-refractivity contribution in [2.75, 3.05) is 18.5 Å². The van der Waals surface area contributed by atoms with E-state index in [9.17, 15) is 0 Å². The van der Waals surface area contributed by atoms with Gasteiger partial charge in [0, 0.05) is 19.6 Å². The first-order valence-electron chi connectivity index (χ1n) is 4.46. The minimum Gasteiger partial charge on any atom is -0.357 e. The maximum Gasteiger partial charge on any atom is 0.146 e. The van der Waals surface area contributed by atoms with Gasteiger partial charge in [0.2, 0.25) is 0 Å². The third-order valence-electron chi connectivity index (χ3n) is 1.87. The van der Waals surface area contributed by atoms with Crippen molar-refractivity contribution in [3.63, 3.8) is 0 Å². The molecule has 0 radical (unpaired) electrons. The van der Waals surface area contributed by atoms with Crippen LogP contribution >= 0.6 is 15.9 Å². The van der Waals surface area contributed by atoms with Gasteiger partial charge >= 0.3 is 0 Å². The Kier molecular flexibility index (Phi) is 3.83. The lowest BCUT2D eigenvalue weighted by atomic mass is 10.3. The van der Waals surface area contributed by atoms with Crippen molar-refractivity contribution in [2.24, 2.45) is 5.73 Å². The van der Waals surface area contributed by atoms with Gasteiger partial charge in [-0.25, -0.2) is 9.97 Å². The van der Waals surface area contributed by atoms with E-state index in [0.29, 0.717) is 0 Å². The van der Waals surface area contributed by atoms with Gasteiger partial charge in [-0.3, -0.25) is 0 Å². The molecule has 0 aliphatic carbocycles. The highest BCUT2D eigenvalue weighted by molar-refractivity contribution is 9.10. The van der Waals surface area contributed by atoms with Gasteiger partial charge in [-0.15, -0.1) is 0 Å². The van der Waals surface area contributed by atoms with Crippen LogP contribution in [0.3, 0.4) is 0 Å². The molecule has 0 aliphatic heterocycles. The smallest absolute Gasteiger partial charge is 0.146 e. The molecule has 0 aromatic carbocycles. The van der Waals surface area contributed by atoms with Crippen molar-refractivity contribution in [3.05, 3.63) is 16.5 Å². The Labute approximate surface area is 92.7 Å². The summed E-state index contributed by atoms with van der Waals surface area (Å²) in [5.74, 6) is 0.884. The SMILES string of the molecule is Cc1ncnc(N(C)CC(C)N)c1Br. The molecule has 1 heterocycles. The first kappa shape index (κ1) is 11.4. The molecule has 5 heteroatoms. The van der Waals surface area contributed by atoms with Gasteiger partial charge in [0.05, 0.1) is 10.2 Å². The number of rotatable bonds is 3. The van der Waals surface area contributed by atoms with E-state index in [1.54, 1.807) is 6.33 Å². The third kappa shape index (κ3) is 2.65. The maximum atomic E-state index is 5.72. The topological polar surface area (TPSA) is 55.0 Å². The highest BCUT2D eigenvalue weighted by atomic mass is 79.9. The van der Waals surface area contributed by atoms with Crippen LogP contribution in [0.5, 0.6) is 0 Å². The van der Waals surface area contributed by atoms with Crippen molar-refractivity contribution in [2.45, 2.75) is 19.9 Å². The third-order valence-corrected chi connectivity index (χ3v) is 2.80. The molecule has 1 aromatic rings. The zero-order chi connectivity index (χ0) is 10.7. The van der Waals surface area contributed by atoms with E-state index in [4.69, 9.17) is 5.73 Å². The molecule has 1 rings (SSSR count). The van der Waals surface area contributed by atoms with Crippen molar-refractivity contribution < 1.29 is 0 Å². The summed E-state index contributed by atoms with van der Waals surface area (Å²) in [4.78, 5) is 10.3. The van der Waals surface area contributed by atoms with Crippen LogP contribution in [0.25, 0.3) is 0 Å². The Hall–Kier alpha value is -0.680. The summed E-state index contributed by atoms with van der Waals surface area (Å²) in [7, 11) is 1.97. The van der Waals surface area contributed by atoms with Crippen LogP contribution < -0.4 is 10.6 Å². The van der Waals surface area contributed by atoms with Crippen LogP contribution in [0, 0.1) is 6.92 Å². The lowest BCUT2D eigenvalue weighted by Crippen LogP contribution is -2.33. The highest BCUT2D eigenvalue weighted by Crippen LogP contribution is 2.24. The summed E-state index contributed by atoms with van der Waals surface area (Å²) >= 11 is 3.46. The van der Waals surface area contributed by atoms with Gasteiger partial charge in [0.1, 0.15) is 12.1 Å². The molecule has 1 aromatic heterocycles. The number of hydrogen-bond acceptors (Lipinski definition) is 4. The molecule has 1 unspecified atom stereocenters. The summed E-state index contributed by atoms with van der Waals surface area (Å²) in [5, 5.41) is 0. The number of nitrogens with zero attached hydrogens (tertiary/aromatic N) is 3. The Morgan fingerprint density at radius 2 is 2.21 bits per heavy atom. The van der Waals surface area contributed by atoms with E-state index >= 15 is 0 Å². The van der Waals surface area contributed by atoms with Gasteiger partial charge in [0.15, 0.2) is 0 Å². The van der Waals surface area contributed by atoms with E-state index < -0.39 is 0 Å². The van der Waals surface area contributed by atoms with Crippen LogP contribution in [-0.2, 0) is 0 Å². The number of halogens is 1. The van der Waals surface area contributed by atoms with E-state index in [-0.39, 0.29) is 6.04 Å². The largest absolute Gasteiger partial charge is 0.357 e. The van der Waals surface area contributed by atoms with Gasteiger partial charge in [-0.05, 0) is 29.8 Å². The first-order chi connectivity index (χ1) is 6.52. The van der Waals surface area contributed by atoms with Crippen molar-refractivity contribution in [1.29, 1.82) is 0 Å². The van der Waals surface area contributed by atoms with Crippen molar-refractivity contribution in [1.82, 2.24) is 9.97 Å². The molecule has 0 spiro atoms. The molecular formula is C9H15BrN4. The highest BCUT2D eigenvalue weighted by Gasteiger charge is 2.10. The number of hydrogen-bond donors (Lipinski definition) is 1. The lowest BCUT2D eigenvalue weighted by Gasteiger charge is -2.21. The second-order valence-electron chi connectivity index (χ2n) is 3.45. The molecule has 2 N–H and O–H groups in total. The molecule has 78 valence electrons. The van der Waals surface area contributed by atoms with Crippen LogP contribution in [-0.4, -0.2) is 29.6 Å². The Bertz CT molecular complexity index is 314. The predicted molar refractivity (Wildman–Crippen MR) is 61.4 cm³/mol.